The smallest absolute Gasteiger partial charge is 0.311 e. The lowest BCUT2D eigenvalue weighted by molar-refractivity contribution is -0.143. The Hall–Kier alpha value is -1.55. The first-order chi connectivity index (χ1) is 8.44. The van der Waals surface area contributed by atoms with Crippen molar-refractivity contribution in [3.63, 3.8) is 0 Å². The van der Waals surface area contributed by atoms with Gasteiger partial charge in [-0.1, -0.05) is 17.7 Å². The zero-order chi connectivity index (χ0) is 13.3. The molecule has 18 heavy (non-hydrogen) atoms. The SMILES string of the molecule is Cc1ccc(C(=O)NCC2(C(=O)O)CC2)cc1Cl. The molecule has 0 heterocycles. The van der Waals surface area contributed by atoms with Crippen LogP contribution in [0.25, 0.3) is 0 Å². The Bertz CT molecular complexity index is 509. The van der Waals surface area contributed by atoms with E-state index in [1.165, 1.54) is 0 Å². The molecule has 1 saturated carbocycles. The number of amides is 1. The van der Waals surface area contributed by atoms with Crippen LogP contribution in [0.1, 0.15) is 28.8 Å². The molecule has 5 heteroatoms. The minimum Gasteiger partial charge on any atom is -0.481 e. The Labute approximate surface area is 110 Å². The third kappa shape index (κ3) is 2.48. The van der Waals surface area contributed by atoms with Gasteiger partial charge in [0.25, 0.3) is 5.91 Å². The van der Waals surface area contributed by atoms with E-state index in [9.17, 15) is 9.59 Å². The summed E-state index contributed by atoms with van der Waals surface area (Å²) in [6.07, 6.45) is 1.24. The molecule has 1 fully saturated rings. The second-order valence-electron chi connectivity index (χ2n) is 4.73. The fraction of sp³-hybridized carbons (Fsp3) is 0.385. The van der Waals surface area contributed by atoms with Crippen LogP contribution in [0, 0.1) is 12.3 Å². The monoisotopic (exact) mass is 267 g/mol. The van der Waals surface area contributed by atoms with Gasteiger partial charge in [0, 0.05) is 17.1 Å². The number of carboxylic acids is 1. The van der Waals surface area contributed by atoms with Crippen LogP contribution in [0.4, 0.5) is 0 Å². The van der Waals surface area contributed by atoms with E-state index in [1.807, 2.05) is 6.92 Å². The number of aryl methyl sites for hydroxylation is 1. The number of halogens is 1. The summed E-state index contributed by atoms with van der Waals surface area (Å²) in [5, 5.41) is 12.2. The Morgan fingerprint density at radius 3 is 2.61 bits per heavy atom. The van der Waals surface area contributed by atoms with E-state index in [4.69, 9.17) is 16.7 Å². The van der Waals surface area contributed by atoms with Crippen molar-refractivity contribution in [1.29, 1.82) is 0 Å². The number of hydrogen-bond acceptors (Lipinski definition) is 2. The van der Waals surface area contributed by atoms with Crippen molar-refractivity contribution in [3.05, 3.63) is 34.3 Å². The second kappa shape index (κ2) is 4.61. The Kier molecular flexibility index (Phi) is 3.30. The maximum Gasteiger partial charge on any atom is 0.311 e. The van der Waals surface area contributed by atoms with E-state index in [2.05, 4.69) is 5.32 Å². The van der Waals surface area contributed by atoms with Crippen LogP contribution >= 0.6 is 11.6 Å². The first-order valence-electron chi connectivity index (χ1n) is 5.72. The Morgan fingerprint density at radius 1 is 1.44 bits per heavy atom. The Morgan fingerprint density at radius 2 is 2.11 bits per heavy atom. The van der Waals surface area contributed by atoms with Gasteiger partial charge in [-0.3, -0.25) is 9.59 Å². The van der Waals surface area contributed by atoms with E-state index in [0.717, 1.165) is 5.56 Å². The highest BCUT2D eigenvalue weighted by atomic mass is 35.5. The minimum atomic E-state index is -0.843. The summed E-state index contributed by atoms with van der Waals surface area (Å²) in [5.74, 6) is -1.13. The summed E-state index contributed by atoms with van der Waals surface area (Å²) in [6.45, 7) is 2.03. The molecule has 1 aliphatic carbocycles. The summed E-state index contributed by atoms with van der Waals surface area (Å²) >= 11 is 5.94. The summed E-state index contributed by atoms with van der Waals surface area (Å²) in [7, 11) is 0. The number of nitrogens with one attached hydrogen (secondary N) is 1. The van der Waals surface area contributed by atoms with Crippen LogP contribution in [-0.4, -0.2) is 23.5 Å². The number of hydrogen-bond donors (Lipinski definition) is 2. The third-order valence-corrected chi connectivity index (χ3v) is 3.74. The minimum absolute atomic E-state index is 0.173. The van der Waals surface area contributed by atoms with Gasteiger partial charge in [-0.2, -0.15) is 0 Å². The van der Waals surface area contributed by atoms with Crippen molar-refractivity contribution in [1.82, 2.24) is 5.32 Å². The van der Waals surface area contributed by atoms with Gasteiger partial charge in [0.1, 0.15) is 0 Å². The number of benzene rings is 1. The van der Waals surface area contributed by atoms with Crippen LogP contribution in [0.2, 0.25) is 5.02 Å². The van der Waals surface area contributed by atoms with Gasteiger partial charge >= 0.3 is 5.97 Å². The molecule has 1 aromatic carbocycles. The molecule has 0 atom stereocenters. The van der Waals surface area contributed by atoms with Crippen LogP contribution in [0.5, 0.6) is 0 Å². The van der Waals surface area contributed by atoms with Crippen molar-refractivity contribution < 1.29 is 14.7 Å². The maximum atomic E-state index is 11.8. The first-order valence-corrected chi connectivity index (χ1v) is 6.10. The van der Waals surface area contributed by atoms with Gasteiger partial charge in [-0.05, 0) is 37.5 Å². The highest BCUT2D eigenvalue weighted by Gasteiger charge is 2.50. The molecule has 0 unspecified atom stereocenters. The molecule has 1 aromatic rings. The average Bonchev–Trinajstić information content (AvgIpc) is 3.11. The fourth-order valence-corrected chi connectivity index (χ4v) is 1.88. The predicted octanol–water partition coefficient (Wildman–Crippen LogP) is 2.24. The normalized spacial score (nSPS) is 16.1. The molecule has 4 nitrogen and oxygen atoms in total. The number of carbonyl (C=O) groups excluding carboxylic acids is 1. The Balaban J connectivity index is 2.00. The highest BCUT2D eigenvalue weighted by molar-refractivity contribution is 6.31. The molecular weight excluding hydrogens is 254 g/mol. The van der Waals surface area contributed by atoms with Crippen molar-refractivity contribution in [2.24, 2.45) is 5.41 Å². The lowest BCUT2D eigenvalue weighted by Gasteiger charge is -2.11. The molecule has 0 aromatic heterocycles. The third-order valence-electron chi connectivity index (χ3n) is 3.33. The molecule has 0 aliphatic heterocycles. The quantitative estimate of drug-likeness (QED) is 0.879. The zero-order valence-corrected chi connectivity index (χ0v) is 10.8. The zero-order valence-electron chi connectivity index (χ0n) is 10.00. The van der Waals surface area contributed by atoms with E-state index in [-0.39, 0.29) is 12.5 Å². The largest absolute Gasteiger partial charge is 0.481 e. The standard InChI is InChI=1S/C13H14ClNO3/c1-8-2-3-9(6-10(8)14)11(16)15-7-13(4-5-13)12(17)18/h2-3,6H,4-5,7H2,1H3,(H,15,16)(H,17,18). The summed E-state index contributed by atoms with van der Waals surface area (Å²) in [6, 6.07) is 5.03. The molecule has 1 aliphatic rings. The molecule has 0 radical (unpaired) electrons. The van der Waals surface area contributed by atoms with Crippen molar-refractivity contribution in [2.45, 2.75) is 19.8 Å². The molecular formula is C13H14ClNO3. The second-order valence-corrected chi connectivity index (χ2v) is 5.14. The summed E-state index contributed by atoms with van der Waals surface area (Å²) < 4.78 is 0. The van der Waals surface area contributed by atoms with Gasteiger partial charge in [-0.15, -0.1) is 0 Å². The van der Waals surface area contributed by atoms with Gasteiger partial charge in [0.05, 0.1) is 5.41 Å². The van der Waals surface area contributed by atoms with Gasteiger partial charge in [-0.25, -0.2) is 0 Å². The van der Waals surface area contributed by atoms with Gasteiger partial charge < -0.3 is 10.4 Å². The van der Waals surface area contributed by atoms with Crippen LogP contribution in [0.3, 0.4) is 0 Å². The molecule has 0 bridgehead atoms. The average molecular weight is 268 g/mol. The molecule has 0 saturated heterocycles. The fourth-order valence-electron chi connectivity index (χ4n) is 1.70. The lowest BCUT2D eigenvalue weighted by atomic mass is 10.1. The van der Waals surface area contributed by atoms with E-state index < -0.39 is 11.4 Å². The molecule has 1 amide bonds. The first kappa shape index (κ1) is 12.9. The number of carboxylic acid groups (broad SMARTS) is 1. The topological polar surface area (TPSA) is 66.4 Å². The molecule has 2 N–H and O–H groups in total. The maximum absolute atomic E-state index is 11.8. The van der Waals surface area contributed by atoms with Gasteiger partial charge in [0.15, 0.2) is 0 Å². The van der Waals surface area contributed by atoms with Crippen molar-refractivity contribution in [2.75, 3.05) is 6.54 Å². The lowest BCUT2D eigenvalue weighted by Crippen LogP contribution is -2.34. The van der Waals surface area contributed by atoms with Crippen LogP contribution in [0.15, 0.2) is 18.2 Å². The summed E-state index contributed by atoms with van der Waals surface area (Å²) in [4.78, 5) is 22.8. The molecule has 0 spiro atoms. The number of carbonyl (C=O) groups is 2. The number of rotatable bonds is 4. The van der Waals surface area contributed by atoms with Crippen molar-refractivity contribution in [3.8, 4) is 0 Å². The van der Waals surface area contributed by atoms with E-state index in [1.54, 1.807) is 18.2 Å². The highest BCUT2D eigenvalue weighted by Crippen LogP contribution is 2.45. The van der Waals surface area contributed by atoms with Gasteiger partial charge in [0.2, 0.25) is 0 Å². The summed E-state index contributed by atoms with van der Waals surface area (Å²) in [5.41, 5.74) is 0.605. The van der Waals surface area contributed by atoms with E-state index >= 15 is 0 Å². The van der Waals surface area contributed by atoms with E-state index in [0.29, 0.717) is 23.4 Å². The van der Waals surface area contributed by atoms with Crippen LogP contribution < -0.4 is 5.32 Å². The van der Waals surface area contributed by atoms with Crippen LogP contribution in [-0.2, 0) is 4.79 Å². The number of aliphatic carboxylic acids is 1. The van der Waals surface area contributed by atoms with Crippen molar-refractivity contribution >= 4 is 23.5 Å². The molecule has 96 valence electrons. The predicted molar refractivity (Wildman–Crippen MR) is 67.8 cm³/mol. The molecule has 2 rings (SSSR count).